The normalized spacial score (nSPS) is 14.6. The molecule has 6 heteroatoms. The Morgan fingerprint density at radius 3 is 2.73 bits per heavy atom. The third-order valence-corrected chi connectivity index (χ3v) is 5.09. The first-order valence-corrected chi connectivity index (χ1v) is 10.1. The van der Waals surface area contributed by atoms with Gasteiger partial charge < -0.3 is 19.0 Å². The van der Waals surface area contributed by atoms with Crippen molar-refractivity contribution in [2.24, 2.45) is 5.92 Å². The zero-order valence-corrected chi connectivity index (χ0v) is 16.6. The van der Waals surface area contributed by atoms with Crippen LogP contribution in [0.3, 0.4) is 0 Å². The molecule has 0 amide bonds. The van der Waals surface area contributed by atoms with Crippen LogP contribution in [0, 0.1) is 5.92 Å². The summed E-state index contributed by atoms with van der Waals surface area (Å²) < 4.78 is 17.5. The summed E-state index contributed by atoms with van der Waals surface area (Å²) in [5.41, 5.74) is 2.90. The topological polar surface area (TPSA) is 77.6 Å². The van der Waals surface area contributed by atoms with E-state index >= 15 is 0 Å². The van der Waals surface area contributed by atoms with Gasteiger partial charge in [-0.2, -0.15) is 0 Å². The van der Waals surface area contributed by atoms with Crippen LogP contribution in [0.15, 0.2) is 65.2 Å². The molecule has 1 aliphatic carbocycles. The molecule has 0 spiro atoms. The number of hydrogen-bond donors (Lipinski definition) is 1. The lowest BCUT2D eigenvalue weighted by atomic mass is 10.1. The van der Waals surface area contributed by atoms with Crippen LogP contribution in [0.4, 0.5) is 0 Å². The van der Waals surface area contributed by atoms with E-state index in [0.717, 1.165) is 29.0 Å². The van der Waals surface area contributed by atoms with Crippen LogP contribution in [0.25, 0.3) is 22.6 Å². The molecule has 6 nitrogen and oxygen atoms in total. The van der Waals surface area contributed by atoms with Crippen LogP contribution in [0.1, 0.15) is 31.4 Å². The zero-order chi connectivity index (χ0) is 20.5. The minimum atomic E-state index is -0.557. The van der Waals surface area contributed by atoms with E-state index in [2.05, 4.69) is 9.97 Å². The van der Waals surface area contributed by atoms with Gasteiger partial charge in [0.15, 0.2) is 5.58 Å². The Hall–Kier alpha value is -3.38. The highest BCUT2D eigenvalue weighted by Gasteiger charge is 2.22. The number of hydrogen-bond acceptors (Lipinski definition) is 6. The lowest BCUT2D eigenvalue weighted by Gasteiger charge is -2.08. The highest BCUT2D eigenvalue weighted by Crippen LogP contribution is 2.31. The van der Waals surface area contributed by atoms with E-state index in [9.17, 15) is 5.11 Å². The number of aliphatic hydroxyl groups is 1. The molecule has 4 aromatic rings. The molecule has 1 atom stereocenters. The van der Waals surface area contributed by atoms with Gasteiger partial charge in [0.05, 0.1) is 18.3 Å². The van der Waals surface area contributed by atoms with Crippen molar-refractivity contribution in [3.63, 3.8) is 0 Å². The lowest BCUT2D eigenvalue weighted by Crippen LogP contribution is -1.98. The second-order valence-electron chi connectivity index (χ2n) is 7.64. The first-order chi connectivity index (χ1) is 14.6. The van der Waals surface area contributed by atoms with E-state index in [4.69, 9.17) is 13.9 Å². The van der Waals surface area contributed by atoms with Crippen molar-refractivity contribution in [2.45, 2.75) is 25.9 Å². The summed E-state index contributed by atoms with van der Waals surface area (Å²) in [5, 5.41) is 9.74. The predicted molar refractivity (Wildman–Crippen MR) is 113 cm³/mol. The monoisotopic (exact) mass is 402 g/mol. The van der Waals surface area contributed by atoms with Crippen molar-refractivity contribution in [2.75, 3.05) is 6.61 Å². The average molecular weight is 402 g/mol. The van der Waals surface area contributed by atoms with Gasteiger partial charge in [-0.05, 0) is 61.6 Å². The van der Waals surface area contributed by atoms with Crippen molar-refractivity contribution < 1.29 is 19.0 Å². The Balaban J connectivity index is 1.30. The molecular weight excluding hydrogens is 380 g/mol. The quantitative estimate of drug-likeness (QED) is 0.438. The number of ether oxygens (including phenoxy) is 2. The molecule has 2 aromatic heterocycles. The molecule has 1 saturated carbocycles. The van der Waals surface area contributed by atoms with Crippen molar-refractivity contribution in [1.29, 1.82) is 0 Å². The van der Waals surface area contributed by atoms with Gasteiger partial charge in [0.25, 0.3) is 0 Å². The van der Waals surface area contributed by atoms with Gasteiger partial charge in [-0.15, -0.1) is 0 Å². The zero-order valence-electron chi connectivity index (χ0n) is 16.6. The first kappa shape index (κ1) is 18.6. The van der Waals surface area contributed by atoms with E-state index < -0.39 is 6.10 Å². The minimum absolute atomic E-state index is 0.474. The van der Waals surface area contributed by atoms with Crippen molar-refractivity contribution in [1.82, 2.24) is 9.97 Å². The summed E-state index contributed by atoms with van der Waals surface area (Å²) in [6.45, 7) is 2.48. The van der Waals surface area contributed by atoms with Gasteiger partial charge in [-0.1, -0.05) is 12.1 Å². The summed E-state index contributed by atoms with van der Waals surface area (Å²) >= 11 is 0. The van der Waals surface area contributed by atoms with Crippen molar-refractivity contribution >= 4 is 11.1 Å². The van der Waals surface area contributed by atoms with E-state index in [1.807, 2.05) is 42.5 Å². The summed E-state index contributed by atoms with van der Waals surface area (Å²) in [6, 6.07) is 16.7. The maximum atomic E-state index is 9.74. The van der Waals surface area contributed by atoms with Crippen LogP contribution in [0.2, 0.25) is 0 Å². The molecule has 1 aliphatic rings. The van der Waals surface area contributed by atoms with Gasteiger partial charge in [0.1, 0.15) is 17.0 Å². The summed E-state index contributed by atoms with van der Waals surface area (Å²) in [6.07, 6.45) is 3.63. The Morgan fingerprint density at radius 2 is 1.97 bits per heavy atom. The molecule has 0 aliphatic heterocycles. The summed E-state index contributed by atoms with van der Waals surface area (Å²) in [7, 11) is 0. The molecule has 0 radical (unpaired) electrons. The number of oxazole rings is 1. The molecule has 1 fully saturated rings. The van der Waals surface area contributed by atoms with Crippen LogP contribution in [0.5, 0.6) is 17.4 Å². The maximum absolute atomic E-state index is 9.74. The number of rotatable bonds is 7. The maximum Gasteiger partial charge on any atom is 0.228 e. The molecule has 1 unspecified atom stereocenters. The SMILES string of the molecule is CC(O)c1ccc2nc(-c3ccc(Oc4cccc(OCC5CC5)c4)nc3)oc2c1. The minimum Gasteiger partial charge on any atom is -0.493 e. The molecule has 2 heterocycles. The second-order valence-corrected chi connectivity index (χ2v) is 7.64. The Bertz CT molecular complexity index is 1160. The van der Waals surface area contributed by atoms with E-state index in [1.165, 1.54) is 12.8 Å². The van der Waals surface area contributed by atoms with Crippen molar-refractivity contribution in [3.8, 4) is 28.8 Å². The summed E-state index contributed by atoms with van der Waals surface area (Å²) in [4.78, 5) is 8.88. The fraction of sp³-hybridized carbons (Fsp3) is 0.250. The van der Waals surface area contributed by atoms with Crippen LogP contribution >= 0.6 is 0 Å². The standard InChI is InChI=1S/C24H22N2O4/c1-15(27)17-7-9-21-22(11-17)30-24(26-21)18-8-10-23(25-13-18)29-20-4-2-3-19(12-20)28-14-16-5-6-16/h2-4,7-13,15-16,27H,5-6,14H2,1H3. The number of aromatic nitrogens is 2. The summed E-state index contributed by atoms with van der Waals surface area (Å²) in [5.74, 6) is 3.14. The molecule has 30 heavy (non-hydrogen) atoms. The van der Waals surface area contributed by atoms with Gasteiger partial charge in [0, 0.05) is 18.3 Å². The smallest absolute Gasteiger partial charge is 0.228 e. The largest absolute Gasteiger partial charge is 0.493 e. The third kappa shape index (κ3) is 4.14. The first-order valence-electron chi connectivity index (χ1n) is 10.1. The average Bonchev–Trinajstić information content (AvgIpc) is 3.49. The Morgan fingerprint density at radius 1 is 1.10 bits per heavy atom. The number of benzene rings is 2. The van der Waals surface area contributed by atoms with Crippen LogP contribution < -0.4 is 9.47 Å². The van der Waals surface area contributed by atoms with E-state index in [1.54, 1.807) is 25.3 Å². The van der Waals surface area contributed by atoms with Gasteiger partial charge in [-0.3, -0.25) is 0 Å². The van der Waals surface area contributed by atoms with Gasteiger partial charge in [-0.25, -0.2) is 9.97 Å². The van der Waals surface area contributed by atoms with E-state index in [0.29, 0.717) is 29.0 Å². The number of pyridine rings is 1. The molecule has 0 saturated heterocycles. The Kier molecular flexibility index (Phi) is 4.85. The van der Waals surface area contributed by atoms with Crippen LogP contribution in [-0.4, -0.2) is 21.7 Å². The molecular formula is C24H22N2O4. The van der Waals surface area contributed by atoms with Crippen LogP contribution in [-0.2, 0) is 0 Å². The van der Waals surface area contributed by atoms with E-state index in [-0.39, 0.29) is 0 Å². The predicted octanol–water partition coefficient (Wildman–Crippen LogP) is 5.52. The number of aliphatic hydroxyl groups excluding tert-OH is 1. The van der Waals surface area contributed by atoms with Gasteiger partial charge >= 0.3 is 0 Å². The number of nitrogens with zero attached hydrogens (tertiary/aromatic N) is 2. The molecule has 1 N–H and O–H groups in total. The highest BCUT2D eigenvalue weighted by molar-refractivity contribution is 5.76. The lowest BCUT2D eigenvalue weighted by molar-refractivity contribution is 0.199. The number of fused-ring (bicyclic) bond motifs is 1. The molecule has 5 rings (SSSR count). The Labute approximate surface area is 174 Å². The second kappa shape index (κ2) is 7.80. The fourth-order valence-electron chi connectivity index (χ4n) is 3.14. The third-order valence-electron chi connectivity index (χ3n) is 5.09. The van der Waals surface area contributed by atoms with Gasteiger partial charge in [0.2, 0.25) is 11.8 Å². The highest BCUT2D eigenvalue weighted by atomic mass is 16.5. The van der Waals surface area contributed by atoms with Crippen molar-refractivity contribution in [3.05, 3.63) is 66.4 Å². The molecule has 152 valence electrons. The molecule has 0 bridgehead atoms. The fourth-order valence-corrected chi connectivity index (χ4v) is 3.14. The molecule has 2 aromatic carbocycles.